The maximum atomic E-state index is 13.9. The van der Waals surface area contributed by atoms with Gasteiger partial charge in [-0.15, -0.1) is 0 Å². The minimum absolute atomic E-state index is 0.00694. The topological polar surface area (TPSA) is 98.1 Å². The minimum atomic E-state index is -0.556. The Morgan fingerprint density at radius 2 is 1.94 bits per heavy atom. The molecule has 0 unspecified atom stereocenters. The second-order valence-electron chi connectivity index (χ2n) is 8.97. The number of rotatable bonds is 9. The molecule has 4 rings (SSSR count). The number of carbonyl (C=O) groups excluding carboxylic acids is 3. The summed E-state index contributed by atoms with van der Waals surface area (Å²) in [6.45, 7) is 5.79. The highest BCUT2D eigenvalue weighted by Gasteiger charge is 2.28. The predicted octanol–water partition coefficient (Wildman–Crippen LogP) is 4.30. The molecule has 9 heteroatoms. The van der Waals surface area contributed by atoms with Crippen LogP contribution in [0.4, 0.5) is 10.1 Å². The van der Waals surface area contributed by atoms with E-state index in [2.05, 4.69) is 5.32 Å². The zero-order chi connectivity index (χ0) is 25.8. The van der Waals surface area contributed by atoms with Crippen LogP contribution in [0, 0.1) is 18.7 Å². The van der Waals surface area contributed by atoms with Gasteiger partial charge >= 0.3 is 0 Å². The van der Waals surface area contributed by atoms with Gasteiger partial charge < -0.3 is 19.2 Å². The number of halogens is 1. The second-order valence-corrected chi connectivity index (χ2v) is 8.97. The Morgan fingerprint density at radius 1 is 1.14 bits per heavy atom. The van der Waals surface area contributed by atoms with E-state index in [0.717, 1.165) is 5.56 Å². The zero-order valence-electron chi connectivity index (χ0n) is 20.3. The van der Waals surface area contributed by atoms with Crippen LogP contribution in [-0.2, 0) is 11.3 Å². The number of Topliss-reactive ketones (excluding diaryl/α,β-unsaturated/α-hetero) is 1. The maximum Gasteiger partial charge on any atom is 0.287 e. The fraction of sp³-hybridized carbons (Fsp3) is 0.296. The standard InChI is InChI=1S/C27H27FN2O6/c1-16(2)12-29-27(33)24-9-6-19(36-24)13-30-21-11-18(5-8-23(21)35-15-26(30)32)22(31)14-34-25-10-17(3)4-7-20(25)28/h4-11,16H,12-15H2,1-3H3,(H,29,33). The van der Waals surface area contributed by atoms with Crippen LogP contribution in [0.15, 0.2) is 52.9 Å². The summed E-state index contributed by atoms with van der Waals surface area (Å²) in [5, 5.41) is 2.78. The van der Waals surface area contributed by atoms with Crippen molar-refractivity contribution in [2.75, 3.05) is 24.7 Å². The molecular formula is C27H27FN2O6. The van der Waals surface area contributed by atoms with E-state index in [1.54, 1.807) is 37.3 Å². The largest absolute Gasteiger partial charge is 0.482 e. The fourth-order valence-corrected chi connectivity index (χ4v) is 3.62. The number of nitrogens with one attached hydrogen (secondary N) is 1. The van der Waals surface area contributed by atoms with E-state index < -0.39 is 11.6 Å². The van der Waals surface area contributed by atoms with Crippen molar-refractivity contribution >= 4 is 23.3 Å². The van der Waals surface area contributed by atoms with Crippen LogP contribution in [0.1, 0.15) is 46.1 Å². The van der Waals surface area contributed by atoms with E-state index in [-0.39, 0.29) is 48.6 Å². The molecule has 0 fully saturated rings. The normalized spacial score (nSPS) is 12.8. The Bertz CT molecular complexity index is 1300. The summed E-state index contributed by atoms with van der Waals surface area (Å²) >= 11 is 0. The summed E-state index contributed by atoms with van der Waals surface area (Å²) in [4.78, 5) is 39.1. The molecule has 0 radical (unpaired) electrons. The molecule has 3 aromatic rings. The molecule has 0 spiro atoms. The monoisotopic (exact) mass is 494 g/mol. The number of ketones is 1. The lowest BCUT2D eigenvalue weighted by atomic mass is 10.1. The van der Waals surface area contributed by atoms with Crippen LogP contribution in [0.5, 0.6) is 11.5 Å². The van der Waals surface area contributed by atoms with Gasteiger partial charge in [0.25, 0.3) is 11.8 Å². The molecule has 2 aromatic carbocycles. The molecule has 2 amide bonds. The second kappa shape index (κ2) is 10.6. The number of hydrogen-bond donors (Lipinski definition) is 1. The number of aryl methyl sites for hydroxylation is 1. The van der Waals surface area contributed by atoms with Gasteiger partial charge in [0, 0.05) is 12.1 Å². The molecule has 188 valence electrons. The van der Waals surface area contributed by atoms with Crippen LogP contribution in [0.25, 0.3) is 0 Å². The van der Waals surface area contributed by atoms with Crippen molar-refractivity contribution in [1.82, 2.24) is 5.32 Å². The number of amides is 2. The predicted molar refractivity (Wildman–Crippen MR) is 130 cm³/mol. The van der Waals surface area contributed by atoms with E-state index in [1.807, 2.05) is 13.8 Å². The third kappa shape index (κ3) is 5.73. The quantitative estimate of drug-likeness (QED) is 0.446. The van der Waals surface area contributed by atoms with Gasteiger partial charge in [-0.1, -0.05) is 19.9 Å². The van der Waals surface area contributed by atoms with Crippen molar-refractivity contribution in [2.45, 2.75) is 27.3 Å². The maximum absolute atomic E-state index is 13.9. The third-order valence-electron chi connectivity index (χ3n) is 5.54. The van der Waals surface area contributed by atoms with Gasteiger partial charge in [0.15, 0.2) is 36.3 Å². The fourth-order valence-electron chi connectivity index (χ4n) is 3.62. The summed E-state index contributed by atoms with van der Waals surface area (Å²) in [6.07, 6.45) is 0. The molecule has 8 nitrogen and oxygen atoms in total. The van der Waals surface area contributed by atoms with Crippen molar-refractivity contribution in [2.24, 2.45) is 5.92 Å². The smallest absolute Gasteiger partial charge is 0.287 e. The number of ether oxygens (including phenoxy) is 2. The minimum Gasteiger partial charge on any atom is -0.482 e. The number of carbonyl (C=O) groups is 3. The lowest BCUT2D eigenvalue weighted by Crippen LogP contribution is -2.38. The van der Waals surface area contributed by atoms with Gasteiger partial charge in [-0.05, 0) is 60.9 Å². The van der Waals surface area contributed by atoms with Crippen molar-refractivity contribution in [1.29, 1.82) is 0 Å². The lowest BCUT2D eigenvalue weighted by molar-refractivity contribution is -0.121. The molecule has 0 bridgehead atoms. The SMILES string of the molecule is Cc1ccc(F)c(OCC(=O)c2ccc3c(c2)N(Cc2ccc(C(=O)NCC(C)C)o2)C(=O)CO3)c1. The highest BCUT2D eigenvalue weighted by atomic mass is 19.1. The van der Waals surface area contributed by atoms with E-state index in [0.29, 0.717) is 29.7 Å². The summed E-state index contributed by atoms with van der Waals surface area (Å²) < 4.78 is 30.5. The Kier molecular flexibility index (Phi) is 7.38. The van der Waals surface area contributed by atoms with Crippen LogP contribution in [-0.4, -0.2) is 37.4 Å². The molecule has 1 N–H and O–H groups in total. The Hall–Kier alpha value is -4.14. The molecule has 0 aliphatic carbocycles. The van der Waals surface area contributed by atoms with Gasteiger partial charge in [-0.2, -0.15) is 0 Å². The van der Waals surface area contributed by atoms with Gasteiger partial charge in [-0.25, -0.2) is 4.39 Å². The van der Waals surface area contributed by atoms with Gasteiger partial charge in [0.2, 0.25) is 0 Å². The van der Waals surface area contributed by atoms with E-state index in [4.69, 9.17) is 13.9 Å². The highest BCUT2D eigenvalue weighted by Crippen LogP contribution is 2.34. The summed E-state index contributed by atoms with van der Waals surface area (Å²) in [6, 6.07) is 12.3. The number of nitrogens with zero attached hydrogens (tertiary/aromatic N) is 1. The highest BCUT2D eigenvalue weighted by molar-refractivity contribution is 6.02. The summed E-state index contributed by atoms with van der Waals surface area (Å²) in [5.41, 5.74) is 1.47. The molecule has 0 atom stereocenters. The zero-order valence-corrected chi connectivity index (χ0v) is 20.3. The number of anilines is 1. The third-order valence-corrected chi connectivity index (χ3v) is 5.54. The van der Waals surface area contributed by atoms with Crippen LogP contribution in [0.2, 0.25) is 0 Å². The van der Waals surface area contributed by atoms with Gasteiger partial charge in [0.1, 0.15) is 11.5 Å². The van der Waals surface area contributed by atoms with E-state index in [9.17, 15) is 18.8 Å². The molecule has 1 aliphatic heterocycles. The van der Waals surface area contributed by atoms with Crippen molar-refractivity contribution in [3.05, 3.63) is 77.0 Å². The van der Waals surface area contributed by atoms with Gasteiger partial charge in [-0.3, -0.25) is 19.3 Å². The first kappa shape index (κ1) is 25.0. The molecule has 1 aliphatic rings. The van der Waals surface area contributed by atoms with Crippen molar-refractivity contribution in [3.8, 4) is 11.5 Å². The van der Waals surface area contributed by atoms with Crippen molar-refractivity contribution < 1.29 is 32.7 Å². The molecule has 2 heterocycles. The van der Waals surface area contributed by atoms with Crippen LogP contribution < -0.4 is 19.7 Å². The van der Waals surface area contributed by atoms with Crippen molar-refractivity contribution in [3.63, 3.8) is 0 Å². The Morgan fingerprint density at radius 3 is 2.72 bits per heavy atom. The number of furan rings is 1. The molecule has 0 saturated carbocycles. The Labute approximate surface area is 208 Å². The van der Waals surface area contributed by atoms with E-state index in [1.165, 1.54) is 23.1 Å². The number of hydrogen-bond acceptors (Lipinski definition) is 6. The first-order chi connectivity index (χ1) is 17.2. The molecule has 36 heavy (non-hydrogen) atoms. The van der Waals surface area contributed by atoms with Gasteiger partial charge in [0.05, 0.1) is 12.2 Å². The van der Waals surface area contributed by atoms with Crippen LogP contribution >= 0.6 is 0 Å². The van der Waals surface area contributed by atoms with Crippen LogP contribution in [0.3, 0.4) is 0 Å². The van der Waals surface area contributed by atoms with E-state index >= 15 is 0 Å². The summed E-state index contributed by atoms with van der Waals surface area (Å²) in [5.74, 6) is -0.334. The summed E-state index contributed by atoms with van der Waals surface area (Å²) in [7, 11) is 0. The molecule has 0 saturated heterocycles. The Balaban J connectivity index is 1.49. The lowest BCUT2D eigenvalue weighted by Gasteiger charge is -2.29. The first-order valence-electron chi connectivity index (χ1n) is 11.6. The molecular weight excluding hydrogens is 467 g/mol. The number of fused-ring (bicyclic) bond motifs is 1. The molecule has 1 aromatic heterocycles. The number of benzene rings is 2. The average molecular weight is 495 g/mol. The first-order valence-corrected chi connectivity index (χ1v) is 11.6. The average Bonchev–Trinajstić information content (AvgIpc) is 3.33.